The summed E-state index contributed by atoms with van der Waals surface area (Å²) in [5.74, 6) is -0.169. The van der Waals surface area contributed by atoms with Crippen molar-refractivity contribution in [2.24, 2.45) is 0 Å². The van der Waals surface area contributed by atoms with Gasteiger partial charge in [0.1, 0.15) is 5.75 Å². The van der Waals surface area contributed by atoms with Crippen molar-refractivity contribution < 1.29 is 18.3 Å². The number of phenolic OH excluding ortho intramolecular Hbond substituents is 1. The SMILES string of the molecule is Oc1ccc(C(F)(F)[18F])cc1. The number of hydrogen-bond donors (Lipinski definition) is 1. The second-order valence-electron chi connectivity index (χ2n) is 2.04. The summed E-state index contributed by atoms with van der Waals surface area (Å²) in [4.78, 5) is 0. The van der Waals surface area contributed by atoms with Crippen LogP contribution < -0.4 is 0 Å². The number of alkyl halides is 3. The van der Waals surface area contributed by atoms with Crippen molar-refractivity contribution in [3.63, 3.8) is 0 Å². The first-order valence-electron chi connectivity index (χ1n) is 2.86. The van der Waals surface area contributed by atoms with Crippen molar-refractivity contribution in [3.05, 3.63) is 29.8 Å². The van der Waals surface area contributed by atoms with E-state index in [0.717, 1.165) is 24.3 Å². The number of rotatable bonds is 0. The van der Waals surface area contributed by atoms with Gasteiger partial charge in [-0.1, -0.05) is 0 Å². The van der Waals surface area contributed by atoms with Gasteiger partial charge in [-0.3, -0.25) is 0 Å². The van der Waals surface area contributed by atoms with E-state index >= 15 is 0 Å². The van der Waals surface area contributed by atoms with Gasteiger partial charge < -0.3 is 5.11 Å². The van der Waals surface area contributed by atoms with E-state index in [2.05, 4.69) is 0 Å². The van der Waals surface area contributed by atoms with Gasteiger partial charge in [-0.15, -0.1) is 0 Å². The molecule has 1 N–H and O–H groups in total. The topological polar surface area (TPSA) is 20.2 Å². The van der Waals surface area contributed by atoms with Gasteiger partial charge in [-0.05, 0) is 24.3 Å². The van der Waals surface area contributed by atoms with Gasteiger partial charge in [0.25, 0.3) is 0 Å². The Morgan fingerprint density at radius 2 is 1.45 bits per heavy atom. The van der Waals surface area contributed by atoms with Crippen molar-refractivity contribution in [1.82, 2.24) is 0 Å². The third-order valence-electron chi connectivity index (χ3n) is 1.19. The Hall–Kier alpha value is -1.19. The normalized spacial score (nSPS) is 11.5. The van der Waals surface area contributed by atoms with Crippen LogP contribution in [0, 0.1) is 0 Å². The predicted octanol–water partition coefficient (Wildman–Crippen LogP) is 2.41. The highest BCUT2D eigenvalue weighted by Gasteiger charge is 2.29. The highest BCUT2D eigenvalue weighted by Crippen LogP contribution is 2.29. The lowest BCUT2D eigenvalue weighted by molar-refractivity contribution is -0.137. The minimum Gasteiger partial charge on any atom is -0.508 e. The molecule has 0 spiro atoms. The summed E-state index contributed by atoms with van der Waals surface area (Å²) in [6, 6.07) is 3.66. The molecule has 0 bridgehead atoms. The van der Waals surface area contributed by atoms with E-state index < -0.39 is 11.7 Å². The second-order valence-corrected chi connectivity index (χ2v) is 2.04. The fourth-order valence-corrected chi connectivity index (χ4v) is 0.650. The summed E-state index contributed by atoms with van der Waals surface area (Å²) in [6.07, 6.45) is -4.33. The maximum Gasteiger partial charge on any atom is 0.416 e. The van der Waals surface area contributed by atoms with Crippen LogP contribution in [0.1, 0.15) is 5.56 Å². The van der Waals surface area contributed by atoms with E-state index in [1.54, 1.807) is 0 Å². The molecule has 1 nitrogen and oxygen atoms in total. The van der Waals surface area contributed by atoms with E-state index in [4.69, 9.17) is 5.11 Å². The van der Waals surface area contributed by atoms with Crippen LogP contribution in [0.4, 0.5) is 13.2 Å². The Morgan fingerprint density at radius 3 is 1.82 bits per heavy atom. The first kappa shape index (κ1) is 7.91. The summed E-state index contributed by atoms with van der Waals surface area (Å²) in [5.41, 5.74) is -0.754. The van der Waals surface area contributed by atoms with Crippen molar-refractivity contribution in [3.8, 4) is 5.75 Å². The van der Waals surface area contributed by atoms with Crippen molar-refractivity contribution >= 4 is 0 Å². The fourth-order valence-electron chi connectivity index (χ4n) is 0.650. The Kier molecular flexibility index (Phi) is 1.76. The zero-order valence-corrected chi connectivity index (χ0v) is 5.39. The lowest BCUT2D eigenvalue weighted by atomic mass is 10.2. The maximum atomic E-state index is 11.8. The average molecular weight is 161 g/mol. The fraction of sp³-hybridized carbons (Fsp3) is 0.143. The standard InChI is InChI=1S/C7H5F3O/c8-7(9,10)5-1-3-6(11)4-2-5/h1-4,11H/i8-1. The van der Waals surface area contributed by atoms with E-state index in [9.17, 15) is 13.2 Å². The maximum absolute atomic E-state index is 11.8. The Morgan fingerprint density at radius 1 is 1.00 bits per heavy atom. The summed E-state index contributed by atoms with van der Waals surface area (Å²) in [6.45, 7) is 0. The molecule has 0 aliphatic carbocycles. The Balaban J connectivity index is 2.99. The van der Waals surface area contributed by atoms with Gasteiger partial charge in [0.15, 0.2) is 0 Å². The van der Waals surface area contributed by atoms with Crippen LogP contribution in [-0.2, 0) is 6.18 Å². The van der Waals surface area contributed by atoms with Crippen LogP contribution in [0.15, 0.2) is 24.3 Å². The average Bonchev–Trinajstić information content (AvgIpc) is 1.86. The summed E-state index contributed by atoms with van der Waals surface area (Å²) >= 11 is 0. The van der Waals surface area contributed by atoms with Crippen molar-refractivity contribution in [2.75, 3.05) is 0 Å². The lowest BCUT2D eigenvalue weighted by Crippen LogP contribution is -2.03. The van der Waals surface area contributed by atoms with Crippen LogP contribution in [0.5, 0.6) is 5.75 Å². The third kappa shape index (κ3) is 1.86. The number of aromatic hydroxyl groups is 1. The molecule has 0 aliphatic heterocycles. The molecule has 0 heterocycles. The zero-order valence-electron chi connectivity index (χ0n) is 5.39. The van der Waals surface area contributed by atoms with E-state index in [1.165, 1.54) is 0 Å². The number of hydrogen-bond acceptors (Lipinski definition) is 1. The minimum atomic E-state index is -4.33. The number of phenols is 1. The molecule has 0 atom stereocenters. The number of benzene rings is 1. The summed E-state index contributed by atoms with van der Waals surface area (Å²) in [5, 5.41) is 8.66. The van der Waals surface area contributed by atoms with Gasteiger partial charge in [0, 0.05) is 0 Å². The largest absolute Gasteiger partial charge is 0.508 e. The molecule has 1 aromatic carbocycles. The van der Waals surface area contributed by atoms with Gasteiger partial charge in [0.2, 0.25) is 0 Å². The monoisotopic (exact) mass is 161 g/mol. The molecule has 0 amide bonds. The number of halogens is 3. The molecule has 4 heteroatoms. The highest BCUT2D eigenvalue weighted by atomic mass is 19.3. The molecule has 1 aromatic rings. The van der Waals surface area contributed by atoms with Gasteiger partial charge in [-0.25, -0.2) is 0 Å². The zero-order chi connectivity index (χ0) is 8.48. The Bertz CT molecular complexity index is 237. The molecule has 0 fully saturated rings. The van der Waals surface area contributed by atoms with Gasteiger partial charge in [-0.2, -0.15) is 13.2 Å². The van der Waals surface area contributed by atoms with Crippen LogP contribution in [0.25, 0.3) is 0 Å². The molecule has 0 saturated carbocycles. The third-order valence-corrected chi connectivity index (χ3v) is 1.19. The summed E-state index contributed by atoms with van der Waals surface area (Å²) in [7, 11) is 0. The van der Waals surface area contributed by atoms with Crippen LogP contribution in [0.3, 0.4) is 0 Å². The van der Waals surface area contributed by atoms with Gasteiger partial charge in [0.05, 0.1) is 5.56 Å². The molecule has 60 valence electrons. The van der Waals surface area contributed by atoms with Crippen molar-refractivity contribution in [2.45, 2.75) is 6.18 Å². The minimum absolute atomic E-state index is 0.169. The lowest BCUT2D eigenvalue weighted by Gasteiger charge is -2.04. The molecular formula is C7H5F3O. The molecule has 0 saturated heterocycles. The molecule has 1 rings (SSSR count). The molecule has 11 heavy (non-hydrogen) atoms. The second kappa shape index (κ2) is 2.45. The Labute approximate surface area is 61.1 Å². The summed E-state index contributed by atoms with van der Waals surface area (Å²) < 4.78 is 35.5. The van der Waals surface area contributed by atoms with Crippen molar-refractivity contribution in [1.29, 1.82) is 0 Å². The molecule has 0 aromatic heterocycles. The predicted molar refractivity (Wildman–Crippen MR) is 33.1 cm³/mol. The van der Waals surface area contributed by atoms with Gasteiger partial charge >= 0.3 is 6.18 Å². The molecule has 0 unspecified atom stereocenters. The molecule has 0 radical (unpaired) electrons. The van der Waals surface area contributed by atoms with Crippen LogP contribution in [-0.4, -0.2) is 5.11 Å². The quantitative estimate of drug-likeness (QED) is 0.619. The highest BCUT2D eigenvalue weighted by molar-refractivity contribution is 5.27. The van der Waals surface area contributed by atoms with E-state index in [0.29, 0.717) is 0 Å². The van der Waals surface area contributed by atoms with E-state index in [1.807, 2.05) is 0 Å². The van der Waals surface area contributed by atoms with E-state index in [-0.39, 0.29) is 5.75 Å². The first-order chi connectivity index (χ1) is 5.00. The van der Waals surface area contributed by atoms with Crippen LogP contribution >= 0.6 is 0 Å². The van der Waals surface area contributed by atoms with Crippen LogP contribution in [0.2, 0.25) is 0 Å². The molecular weight excluding hydrogens is 156 g/mol. The first-order valence-corrected chi connectivity index (χ1v) is 2.86. The molecule has 0 aliphatic rings. The smallest absolute Gasteiger partial charge is 0.416 e.